The summed E-state index contributed by atoms with van der Waals surface area (Å²) >= 11 is 0. The monoisotopic (exact) mass is 269 g/mol. The molecular weight excluding hydrogens is 257 g/mol. The van der Waals surface area contributed by atoms with Crippen molar-refractivity contribution >= 4 is 10.4 Å². The number of rotatable bonds is 5. The normalized spacial score (nSPS) is 12.6. The second kappa shape index (κ2) is 7.32. The van der Waals surface area contributed by atoms with Crippen LogP contribution in [-0.2, 0) is 10.4 Å². The summed E-state index contributed by atoms with van der Waals surface area (Å²) in [6.45, 7) is 0.313. The molecule has 8 heteroatoms. The number of nitrogens with one attached hydrogen (secondary N) is 1. The summed E-state index contributed by atoms with van der Waals surface area (Å²) in [6.07, 6.45) is -0.789. The van der Waals surface area contributed by atoms with Crippen LogP contribution >= 0.6 is 0 Å². The van der Waals surface area contributed by atoms with Gasteiger partial charge in [-0.2, -0.15) is 0 Å². The van der Waals surface area contributed by atoms with E-state index in [0.29, 0.717) is 12.1 Å². The molecular formula is C9H12NNaO5S. The predicted molar refractivity (Wildman–Crippen MR) is 55.7 cm³/mol. The van der Waals surface area contributed by atoms with Gasteiger partial charge in [0.05, 0.1) is 6.10 Å². The summed E-state index contributed by atoms with van der Waals surface area (Å²) in [5.41, 5.74) is 0.468. The Balaban J connectivity index is 0.00000256. The Morgan fingerprint density at radius 1 is 1.53 bits per heavy atom. The van der Waals surface area contributed by atoms with Crippen LogP contribution in [0.1, 0.15) is 11.7 Å². The number of aliphatic hydroxyl groups is 1. The third kappa shape index (κ3) is 6.37. The van der Waals surface area contributed by atoms with Gasteiger partial charge in [-0.25, -0.2) is 8.42 Å². The molecule has 17 heavy (non-hydrogen) atoms. The fourth-order valence-electron chi connectivity index (χ4n) is 1.20. The molecule has 0 bridgehead atoms. The number of hydrogen-bond donors (Lipinski definition) is 2. The SMILES string of the molecule is CNC[C@H](O)c1cccc(OS(=O)(=O)[O-])c1.[Na+]. The molecule has 0 aliphatic carbocycles. The van der Waals surface area contributed by atoms with E-state index in [-0.39, 0.29) is 35.3 Å². The average molecular weight is 269 g/mol. The maximum atomic E-state index is 10.4. The topological polar surface area (TPSA) is 98.7 Å². The van der Waals surface area contributed by atoms with Crippen LogP contribution in [0.5, 0.6) is 5.75 Å². The fraction of sp³-hybridized carbons (Fsp3) is 0.333. The fourth-order valence-corrected chi connectivity index (χ4v) is 1.54. The van der Waals surface area contributed by atoms with Crippen LogP contribution < -0.4 is 39.1 Å². The molecule has 0 amide bonds. The molecule has 0 heterocycles. The zero-order valence-electron chi connectivity index (χ0n) is 9.58. The molecule has 0 spiro atoms. The van der Waals surface area contributed by atoms with Crippen molar-refractivity contribution in [3.63, 3.8) is 0 Å². The van der Waals surface area contributed by atoms with Gasteiger partial charge in [-0.1, -0.05) is 12.1 Å². The van der Waals surface area contributed by atoms with Crippen LogP contribution in [0, 0.1) is 0 Å². The quantitative estimate of drug-likeness (QED) is 0.331. The summed E-state index contributed by atoms with van der Waals surface area (Å²) < 4.78 is 35.2. The predicted octanol–water partition coefficient (Wildman–Crippen LogP) is -3.22. The van der Waals surface area contributed by atoms with Crippen LogP contribution in [-0.4, -0.2) is 31.7 Å². The molecule has 1 aromatic rings. The Bertz CT molecular complexity index is 450. The van der Waals surface area contributed by atoms with Gasteiger partial charge in [0.25, 0.3) is 10.4 Å². The smallest absolute Gasteiger partial charge is 0.716 e. The summed E-state index contributed by atoms with van der Waals surface area (Å²) in [6, 6.07) is 5.73. The van der Waals surface area contributed by atoms with E-state index in [9.17, 15) is 18.1 Å². The summed E-state index contributed by atoms with van der Waals surface area (Å²) in [4.78, 5) is 0. The van der Waals surface area contributed by atoms with Gasteiger partial charge in [0.2, 0.25) is 0 Å². The van der Waals surface area contributed by atoms with Gasteiger partial charge in [0, 0.05) is 6.54 Å². The van der Waals surface area contributed by atoms with E-state index >= 15 is 0 Å². The Morgan fingerprint density at radius 2 is 2.18 bits per heavy atom. The van der Waals surface area contributed by atoms with E-state index in [1.165, 1.54) is 18.2 Å². The standard InChI is InChI=1S/C9H13NO5S.Na/c1-10-6-9(11)7-3-2-4-8(5-7)15-16(12,13)14;/h2-5,9-11H,6H2,1H3,(H,12,13,14);/q;+1/p-1/t9-;/m0./s1. The first-order valence-corrected chi connectivity index (χ1v) is 5.83. The molecule has 0 fully saturated rings. The molecule has 0 saturated carbocycles. The van der Waals surface area contributed by atoms with Gasteiger partial charge in [-0.3, -0.25) is 0 Å². The van der Waals surface area contributed by atoms with Crippen molar-refractivity contribution in [3.05, 3.63) is 29.8 Å². The van der Waals surface area contributed by atoms with Gasteiger partial charge < -0.3 is 19.2 Å². The molecule has 2 N–H and O–H groups in total. The van der Waals surface area contributed by atoms with Crippen molar-refractivity contribution in [3.8, 4) is 5.75 Å². The van der Waals surface area contributed by atoms with E-state index in [1.807, 2.05) is 0 Å². The zero-order chi connectivity index (χ0) is 12.2. The van der Waals surface area contributed by atoms with Crippen molar-refractivity contribution in [2.45, 2.75) is 6.10 Å². The molecule has 0 aromatic heterocycles. The van der Waals surface area contributed by atoms with Gasteiger partial charge in [-0.15, -0.1) is 0 Å². The van der Waals surface area contributed by atoms with Crippen molar-refractivity contribution in [2.24, 2.45) is 0 Å². The van der Waals surface area contributed by atoms with Crippen LogP contribution in [0.4, 0.5) is 0 Å². The molecule has 1 aromatic carbocycles. The number of benzene rings is 1. The minimum absolute atomic E-state index is 0. The Labute approximate surface area is 122 Å². The number of likely N-dealkylation sites (N-methyl/N-ethyl adjacent to an activating group) is 1. The van der Waals surface area contributed by atoms with Crippen LogP contribution in [0.25, 0.3) is 0 Å². The molecule has 1 atom stereocenters. The van der Waals surface area contributed by atoms with Crippen molar-refractivity contribution in [2.75, 3.05) is 13.6 Å². The Hall–Kier alpha value is -0.150. The Morgan fingerprint density at radius 3 is 2.71 bits per heavy atom. The maximum absolute atomic E-state index is 10.4. The van der Waals surface area contributed by atoms with Crippen molar-refractivity contribution in [1.82, 2.24) is 5.32 Å². The average Bonchev–Trinajstić information content (AvgIpc) is 2.16. The molecule has 0 saturated heterocycles. The van der Waals surface area contributed by atoms with Crippen molar-refractivity contribution in [1.29, 1.82) is 0 Å². The number of aliphatic hydroxyl groups excluding tert-OH is 1. The third-order valence-electron chi connectivity index (χ3n) is 1.84. The van der Waals surface area contributed by atoms with Crippen LogP contribution in [0.2, 0.25) is 0 Å². The molecule has 90 valence electrons. The van der Waals surface area contributed by atoms with E-state index < -0.39 is 16.5 Å². The van der Waals surface area contributed by atoms with Crippen LogP contribution in [0.3, 0.4) is 0 Å². The first-order chi connectivity index (χ1) is 7.42. The second-order valence-electron chi connectivity index (χ2n) is 3.14. The summed E-state index contributed by atoms with van der Waals surface area (Å²) in [5.74, 6) is -0.109. The molecule has 0 unspecified atom stereocenters. The Kier molecular flexibility index (Phi) is 7.26. The minimum Gasteiger partial charge on any atom is -0.716 e. The molecule has 6 nitrogen and oxygen atoms in total. The molecule has 0 aliphatic heterocycles. The minimum atomic E-state index is -4.78. The van der Waals surface area contributed by atoms with Gasteiger partial charge in [0.1, 0.15) is 5.75 Å². The van der Waals surface area contributed by atoms with Gasteiger partial charge in [-0.05, 0) is 24.7 Å². The summed E-state index contributed by atoms with van der Waals surface area (Å²) in [5, 5.41) is 12.4. The molecule has 0 radical (unpaired) electrons. The van der Waals surface area contributed by atoms with Gasteiger partial charge in [0.15, 0.2) is 0 Å². The van der Waals surface area contributed by atoms with Crippen molar-refractivity contribution < 1.29 is 51.8 Å². The van der Waals surface area contributed by atoms with E-state index in [1.54, 1.807) is 13.1 Å². The second-order valence-corrected chi connectivity index (χ2v) is 4.12. The van der Waals surface area contributed by atoms with E-state index in [0.717, 1.165) is 0 Å². The first-order valence-electron chi connectivity index (χ1n) is 4.50. The number of hydrogen-bond acceptors (Lipinski definition) is 6. The maximum Gasteiger partial charge on any atom is 1.00 e. The molecule has 1 rings (SSSR count). The van der Waals surface area contributed by atoms with E-state index in [4.69, 9.17) is 0 Å². The molecule has 0 aliphatic rings. The third-order valence-corrected chi connectivity index (χ3v) is 2.24. The summed E-state index contributed by atoms with van der Waals surface area (Å²) in [7, 11) is -3.11. The van der Waals surface area contributed by atoms with Gasteiger partial charge >= 0.3 is 29.6 Å². The van der Waals surface area contributed by atoms with E-state index in [2.05, 4.69) is 9.50 Å². The largest absolute Gasteiger partial charge is 1.00 e. The van der Waals surface area contributed by atoms with Crippen LogP contribution in [0.15, 0.2) is 24.3 Å². The zero-order valence-corrected chi connectivity index (χ0v) is 12.4. The first kappa shape index (κ1) is 16.9.